The molecule has 88 valence electrons. The molecule has 1 aliphatic carbocycles. The molecule has 5 nitrogen and oxygen atoms in total. The van der Waals surface area contributed by atoms with E-state index in [1.165, 1.54) is 24.9 Å². The molecular weight excluding hydrogens is 238 g/mol. The first-order valence-electron chi connectivity index (χ1n) is 5.60. The highest BCUT2D eigenvalue weighted by Gasteiger charge is 2.19. The van der Waals surface area contributed by atoms with Crippen LogP contribution in [-0.4, -0.2) is 19.9 Å². The van der Waals surface area contributed by atoms with Gasteiger partial charge in [-0.05, 0) is 25.7 Å². The molecule has 6 heteroatoms. The number of rotatable bonds is 1. The second-order valence-corrected chi connectivity index (χ2v) is 4.50. The van der Waals surface area contributed by atoms with Gasteiger partial charge in [-0.15, -0.1) is 0 Å². The summed E-state index contributed by atoms with van der Waals surface area (Å²) in [4.78, 5) is 15.7. The molecule has 0 bridgehead atoms. The van der Waals surface area contributed by atoms with Crippen molar-refractivity contribution >= 4 is 17.4 Å². The Bertz CT molecular complexity index is 519. The average molecular weight is 250 g/mol. The highest BCUT2D eigenvalue weighted by Crippen LogP contribution is 2.30. The first-order valence-corrected chi connectivity index (χ1v) is 5.97. The molecule has 2 heterocycles. The Morgan fingerprint density at radius 2 is 2.06 bits per heavy atom. The lowest BCUT2D eigenvalue weighted by Gasteiger charge is -2.07. The Hall–Kier alpha value is -1.62. The summed E-state index contributed by atoms with van der Waals surface area (Å²) < 4.78 is 0. The first kappa shape index (κ1) is 10.5. The van der Waals surface area contributed by atoms with Crippen LogP contribution in [0.15, 0.2) is 6.33 Å². The number of nitrogen functional groups attached to an aromatic ring is 1. The minimum absolute atomic E-state index is 0.337. The summed E-state index contributed by atoms with van der Waals surface area (Å²) in [6.45, 7) is 0. The van der Waals surface area contributed by atoms with E-state index >= 15 is 0 Å². The van der Waals surface area contributed by atoms with Crippen molar-refractivity contribution in [2.45, 2.75) is 25.7 Å². The molecule has 0 unspecified atom stereocenters. The smallest absolute Gasteiger partial charge is 0.145 e. The maximum absolute atomic E-state index is 6.04. The molecular formula is C11H12ClN5. The minimum Gasteiger partial charge on any atom is -0.383 e. The highest BCUT2D eigenvalue weighted by molar-refractivity contribution is 6.32. The quantitative estimate of drug-likeness (QED) is 0.758. The van der Waals surface area contributed by atoms with E-state index in [0.717, 1.165) is 18.5 Å². The van der Waals surface area contributed by atoms with Crippen molar-refractivity contribution in [1.29, 1.82) is 0 Å². The van der Waals surface area contributed by atoms with Crippen LogP contribution in [0.4, 0.5) is 5.82 Å². The minimum atomic E-state index is 0.337. The van der Waals surface area contributed by atoms with Crippen LogP contribution in [0.2, 0.25) is 5.15 Å². The number of H-pyrrole nitrogens is 1. The number of hydrogen-bond acceptors (Lipinski definition) is 4. The van der Waals surface area contributed by atoms with Crippen LogP contribution in [0.25, 0.3) is 11.4 Å². The molecule has 3 rings (SSSR count). The molecule has 17 heavy (non-hydrogen) atoms. The van der Waals surface area contributed by atoms with Crippen molar-refractivity contribution in [1.82, 2.24) is 19.9 Å². The van der Waals surface area contributed by atoms with Gasteiger partial charge in [0.15, 0.2) is 0 Å². The molecule has 0 amide bonds. The Labute approximate surface area is 103 Å². The first-order chi connectivity index (χ1) is 8.25. The predicted molar refractivity (Wildman–Crippen MR) is 65.7 cm³/mol. The van der Waals surface area contributed by atoms with E-state index in [-0.39, 0.29) is 0 Å². The number of fused-ring (bicyclic) bond motifs is 1. The van der Waals surface area contributed by atoms with E-state index in [1.807, 2.05) is 0 Å². The van der Waals surface area contributed by atoms with Crippen LogP contribution in [0.5, 0.6) is 0 Å². The summed E-state index contributed by atoms with van der Waals surface area (Å²) in [5.74, 6) is 1.04. The molecule has 0 fully saturated rings. The lowest BCUT2D eigenvalue weighted by atomic mass is 10.0. The number of aromatic nitrogens is 4. The van der Waals surface area contributed by atoms with Gasteiger partial charge in [0.25, 0.3) is 0 Å². The largest absolute Gasteiger partial charge is 0.383 e. The van der Waals surface area contributed by atoms with Crippen molar-refractivity contribution in [3.05, 3.63) is 22.9 Å². The molecule has 0 aliphatic heterocycles. The van der Waals surface area contributed by atoms with E-state index in [2.05, 4.69) is 19.9 Å². The molecule has 0 saturated carbocycles. The van der Waals surface area contributed by atoms with Crippen molar-refractivity contribution in [3.63, 3.8) is 0 Å². The number of imidazole rings is 1. The number of halogens is 1. The topological polar surface area (TPSA) is 80.5 Å². The van der Waals surface area contributed by atoms with Crippen LogP contribution < -0.4 is 5.73 Å². The predicted octanol–water partition coefficient (Wildman–Crippen LogP) is 1.98. The van der Waals surface area contributed by atoms with E-state index < -0.39 is 0 Å². The van der Waals surface area contributed by atoms with Crippen LogP contribution >= 0.6 is 11.6 Å². The maximum Gasteiger partial charge on any atom is 0.145 e. The summed E-state index contributed by atoms with van der Waals surface area (Å²) in [5, 5.41) is 0.337. The van der Waals surface area contributed by atoms with Crippen molar-refractivity contribution in [2.75, 3.05) is 5.73 Å². The summed E-state index contributed by atoms with van der Waals surface area (Å²) in [6, 6.07) is 0. The van der Waals surface area contributed by atoms with Crippen LogP contribution in [0.1, 0.15) is 24.2 Å². The van der Waals surface area contributed by atoms with Gasteiger partial charge >= 0.3 is 0 Å². The Morgan fingerprint density at radius 3 is 2.82 bits per heavy atom. The number of hydrogen-bond donors (Lipinski definition) is 2. The number of anilines is 1. The number of nitrogens with one attached hydrogen (secondary N) is 1. The summed E-state index contributed by atoms with van der Waals surface area (Å²) in [7, 11) is 0. The van der Waals surface area contributed by atoms with Crippen LogP contribution in [-0.2, 0) is 12.8 Å². The van der Waals surface area contributed by atoms with Crippen molar-refractivity contribution < 1.29 is 0 Å². The molecule has 0 radical (unpaired) electrons. The Balaban J connectivity index is 2.12. The van der Waals surface area contributed by atoms with Gasteiger partial charge in [0.05, 0.1) is 11.3 Å². The van der Waals surface area contributed by atoms with E-state index in [9.17, 15) is 0 Å². The maximum atomic E-state index is 6.04. The number of nitrogens with two attached hydrogens (primary N) is 1. The van der Waals surface area contributed by atoms with Crippen molar-refractivity contribution in [3.8, 4) is 11.4 Å². The fourth-order valence-corrected chi connectivity index (χ4v) is 2.40. The van der Waals surface area contributed by atoms with E-state index in [0.29, 0.717) is 22.4 Å². The van der Waals surface area contributed by atoms with Gasteiger partial charge in [-0.25, -0.2) is 15.0 Å². The molecule has 3 N–H and O–H groups in total. The average Bonchev–Trinajstić information content (AvgIpc) is 2.71. The van der Waals surface area contributed by atoms with Crippen LogP contribution in [0.3, 0.4) is 0 Å². The van der Waals surface area contributed by atoms with Gasteiger partial charge in [-0.1, -0.05) is 11.6 Å². The molecule has 2 aromatic rings. The van der Waals surface area contributed by atoms with Gasteiger partial charge in [-0.3, -0.25) is 0 Å². The Morgan fingerprint density at radius 1 is 1.24 bits per heavy atom. The molecule has 1 aliphatic rings. The van der Waals surface area contributed by atoms with Gasteiger partial charge in [0.1, 0.15) is 23.1 Å². The molecule has 0 aromatic carbocycles. The number of nitrogens with zero attached hydrogens (tertiary/aromatic N) is 3. The SMILES string of the molecule is Nc1ncnc(Cl)c1-c1nc2c([nH]1)CCCC2. The van der Waals surface area contributed by atoms with Gasteiger partial charge < -0.3 is 10.7 Å². The fourth-order valence-electron chi connectivity index (χ4n) is 2.17. The molecule has 2 aromatic heterocycles. The summed E-state index contributed by atoms with van der Waals surface area (Å²) >= 11 is 6.04. The number of aryl methyl sites for hydroxylation is 2. The standard InChI is InChI=1S/C11H12ClN5/c12-9-8(10(13)15-5-14-9)11-16-6-3-1-2-4-7(6)17-11/h5H,1-4H2,(H,16,17)(H2,13,14,15). The number of aromatic amines is 1. The van der Waals surface area contributed by atoms with Crippen LogP contribution in [0, 0.1) is 0 Å². The third kappa shape index (κ3) is 1.76. The Kier molecular flexibility index (Phi) is 2.48. The van der Waals surface area contributed by atoms with Gasteiger partial charge in [-0.2, -0.15) is 0 Å². The zero-order chi connectivity index (χ0) is 11.8. The lowest BCUT2D eigenvalue weighted by molar-refractivity contribution is 0.667. The highest BCUT2D eigenvalue weighted by atomic mass is 35.5. The molecule has 0 saturated heterocycles. The fraction of sp³-hybridized carbons (Fsp3) is 0.364. The monoisotopic (exact) mass is 249 g/mol. The second-order valence-electron chi connectivity index (χ2n) is 4.14. The van der Waals surface area contributed by atoms with E-state index in [1.54, 1.807) is 0 Å². The summed E-state index contributed by atoms with van der Waals surface area (Å²) in [5.41, 5.74) is 8.72. The van der Waals surface area contributed by atoms with E-state index in [4.69, 9.17) is 17.3 Å². The van der Waals surface area contributed by atoms with Gasteiger partial charge in [0.2, 0.25) is 0 Å². The summed E-state index contributed by atoms with van der Waals surface area (Å²) in [6.07, 6.45) is 5.78. The second kappa shape index (κ2) is 4.00. The zero-order valence-electron chi connectivity index (χ0n) is 9.20. The zero-order valence-corrected chi connectivity index (χ0v) is 9.96. The molecule has 0 atom stereocenters. The van der Waals surface area contributed by atoms with Crippen molar-refractivity contribution in [2.24, 2.45) is 0 Å². The third-order valence-corrected chi connectivity index (χ3v) is 3.31. The molecule has 0 spiro atoms. The van der Waals surface area contributed by atoms with Gasteiger partial charge in [0, 0.05) is 5.69 Å². The normalized spacial score (nSPS) is 14.6. The third-order valence-electron chi connectivity index (χ3n) is 3.02. The lowest BCUT2D eigenvalue weighted by Crippen LogP contribution is -2.00.